The fourth-order valence-corrected chi connectivity index (χ4v) is 1.48. The van der Waals surface area contributed by atoms with E-state index in [1.54, 1.807) is 0 Å². The van der Waals surface area contributed by atoms with Crippen molar-refractivity contribution in [2.24, 2.45) is 11.7 Å². The molecule has 1 heterocycles. The lowest BCUT2D eigenvalue weighted by molar-refractivity contribution is 0.119. The summed E-state index contributed by atoms with van der Waals surface area (Å²) < 4.78 is 0. The number of hydrogen-bond acceptors (Lipinski definition) is 3. The molecule has 0 aromatic carbocycles. The molecule has 0 aliphatic carbocycles. The van der Waals surface area contributed by atoms with Crippen LogP contribution in [-0.4, -0.2) is 30.3 Å². The van der Waals surface area contributed by atoms with Gasteiger partial charge in [0.25, 0.3) is 0 Å². The molecule has 0 unspecified atom stereocenters. The van der Waals surface area contributed by atoms with Crippen LogP contribution in [0.1, 0.15) is 13.3 Å². The summed E-state index contributed by atoms with van der Waals surface area (Å²) in [7, 11) is 0. The van der Waals surface area contributed by atoms with E-state index in [4.69, 9.17) is 5.73 Å². The van der Waals surface area contributed by atoms with E-state index in [-0.39, 0.29) is 18.1 Å². The van der Waals surface area contributed by atoms with Crippen LogP contribution in [0.4, 0.5) is 0 Å². The van der Waals surface area contributed by atoms with E-state index in [0.29, 0.717) is 6.54 Å². The predicted molar refractivity (Wildman–Crippen MR) is 40.6 cm³/mol. The van der Waals surface area contributed by atoms with Gasteiger partial charge in [-0.05, 0) is 13.0 Å². The molecule has 0 aromatic rings. The molecule has 10 heavy (non-hydrogen) atoms. The van der Waals surface area contributed by atoms with E-state index in [2.05, 4.69) is 12.2 Å². The minimum Gasteiger partial charge on any atom is -0.391 e. The highest BCUT2D eigenvalue weighted by Gasteiger charge is 2.31. The smallest absolute Gasteiger partial charge is 0.0745 e. The van der Waals surface area contributed by atoms with E-state index < -0.39 is 0 Å². The Balaban J connectivity index is 2.41. The third kappa shape index (κ3) is 1.31. The van der Waals surface area contributed by atoms with Gasteiger partial charge in [-0.1, -0.05) is 6.92 Å². The van der Waals surface area contributed by atoms with Crippen LogP contribution in [0.25, 0.3) is 0 Å². The first-order chi connectivity index (χ1) is 4.79. The maximum Gasteiger partial charge on any atom is 0.0745 e. The van der Waals surface area contributed by atoms with Crippen molar-refractivity contribution in [3.8, 4) is 0 Å². The van der Waals surface area contributed by atoms with Gasteiger partial charge in [0.2, 0.25) is 0 Å². The molecule has 60 valence electrons. The first-order valence-corrected chi connectivity index (χ1v) is 3.91. The summed E-state index contributed by atoms with van der Waals surface area (Å²) in [5.74, 6) is 0.268. The quantitative estimate of drug-likeness (QED) is 0.480. The molecule has 0 saturated carbocycles. The van der Waals surface area contributed by atoms with Crippen LogP contribution in [0.15, 0.2) is 0 Å². The molecule has 0 spiro atoms. The van der Waals surface area contributed by atoms with Crippen LogP contribution < -0.4 is 11.1 Å². The minimum atomic E-state index is -0.227. The van der Waals surface area contributed by atoms with Gasteiger partial charge in [-0.2, -0.15) is 0 Å². The summed E-state index contributed by atoms with van der Waals surface area (Å²) in [6.07, 6.45) is 0.757. The molecule has 3 atom stereocenters. The number of nitrogens with two attached hydrogens (primary N) is 1. The third-order valence-electron chi connectivity index (χ3n) is 2.28. The summed E-state index contributed by atoms with van der Waals surface area (Å²) in [6.45, 7) is 3.53. The highest BCUT2D eigenvalue weighted by Crippen LogP contribution is 2.15. The minimum absolute atomic E-state index is 0.227. The molecule has 1 aliphatic rings. The Morgan fingerprint density at radius 1 is 1.70 bits per heavy atom. The van der Waals surface area contributed by atoms with Gasteiger partial charge in [-0.15, -0.1) is 0 Å². The average molecular weight is 144 g/mol. The second kappa shape index (κ2) is 3.32. The van der Waals surface area contributed by atoms with Gasteiger partial charge in [0.1, 0.15) is 0 Å². The van der Waals surface area contributed by atoms with Gasteiger partial charge in [-0.25, -0.2) is 0 Å². The topological polar surface area (TPSA) is 58.3 Å². The zero-order valence-corrected chi connectivity index (χ0v) is 6.38. The highest BCUT2D eigenvalue weighted by atomic mass is 16.3. The Morgan fingerprint density at radius 2 is 2.40 bits per heavy atom. The maximum absolute atomic E-state index is 9.51. The molecule has 0 aromatic heterocycles. The summed E-state index contributed by atoms with van der Waals surface area (Å²) in [4.78, 5) is 0. The second-order valence-corrected chi connectivity index (χ2v) is 2.91. The fraction of sp³-hybridized carbons (Fsp3) is 1.00. The molecule has 1 saturated heterocycles. The summed E-state index contributed by atoms with van der Waals surface area (Å²) >= 11 is 0. The number of aliphatic hydroxyl groups excluding tert-OH is 1. The van der Waals surface area contributed by atoms with Crippen molar-refractivity contribution in [3.63, 3.8) is 0 Å². The lowest BCUT2D eigenvalue weighted by Gasteiger charge is -2.15. The number of nitrogens with one attached hydrogen (secondary N) is 1. The van der Waals surface area contributed by atoms with Gasteiger partial charge in [0, 0.05) is 18.5 Å². The monoisotopic (exact) mass is 144 g/mol. The van der Waals surface area contributed by atoms with E-state index in [1.165, 1.54) is 0 Å². The Bertz CT molecular complexity index is 95.8. The molecule has 0 bridgehead atoms. The van der Waals surface area contributed by atoms with Crippen LogP contribution in [-0.2, 0) is 0 Å². The molecule has 1 rings (SSSR count). The lowest BCUT2D eigenvalue weighted by atomic mass is 10.0. The molecule has 3 nitrogen and oxygen atoms in total. The van der Waals surface area contributed by atoms with Crippen molar-refractivity contribution >= 4 is 0 Å². The number of aliphatic hydroxyl groups is 1. The zero-order chi connectivity index (χ0) is 7.56. The second-order valence-electron chi connectivity index (χ2n) is 2.91. The summed E-state index contributed by atoms with van der Waals surface area (Å²) in [5, 5.41) is 12.7. The Morgan fingerprint density at radius 3 is 2.70 bits per heavy atom. The van der Waals surface area contributed by atoms with Crippen molar-refractivity contribution in [3.05, 3.63) is 0 Å². The van der Waals surface area contributed by atoms with Crippen LogP contribution in [0.2, 0.25) is 0 Å². The molecule has 0 radical (unpaired) electrons. The Kier molecular flexibility index (Phi) is 2.65. The SMILES string of the molecule is CC[C@H]1NC[C@H](CN)[C@H]1O. The number of rotatable bonds is 2. The van der Waals surface area contributed by atoms with Crippen LogP contribution in [0.5, 0.6) is 0 Å². The molecular formula is C7H16N2O. The van der Waals surface area contributed by atoms with E-state index in [0.717, 1.165) is 13.0 Å². The van der Waals surface area contributed by atoms with Gasteiger partial charge >= 0.3 is 0 Å². The molecule has 3 heteroatoms. The average Bonchev–Trinajstić information content (AvgIpc) is 2.30. The van der Waals surface area contributed by atoms with E-state index in [9.17, 15) is 5.11 Å². The summed E-state index contributed by atoms with van der Waals surface area (Å²) in [5.41, 5.74) is 5.44. The molecular weight excluding hydrogens is 128 g/mol. The predicted octanol–water partition coefficient (Wildman–Crippen LogP) is -0.696. The van der Waals surface area contributed by atoms with Crippen molar-refractivity contribution in [1.82, 2.24) is 5.32 Å². The summed E-state index contributed by atoms with van der Waals surface area (Å²) in [6, 6.07) is 0.272. The van der Waals surface area contributed by atoms with Gasteiger partial charge in [-0.3, -0.25) is 0 Å². The van der Waals surface area contributed by atoms with E-state index in [1.807, 2.05) is 0 Å². The van der Waals surface area contributed by atoms with Crippen molar-refractivity contribution in [2.75, 3.05) is 13.1 Å². The van der Waals surface area contributed by atoms with Crippen LogP contribution in [0.3, 0.4) is 0 Å². The lowest BCUT2D eigenvalue weighted by Crippen LogP contribution is -2.32. The van der Waals surface area contributed by atoms with Gasteiger partial charge in [0.15, 0.2) is 0 Å². The van der Waals surface area contributed by atoms with E-state index >= 15 is 0 Å². The van der Waals surface area contributed by atoms with Crippen molar-refractivity contribution in [1.29, 1.82) is 0 Å². The van der Waals surface area contributed by atoms with Crippen LogP contribution in [0, 0.1) is 5.92 Å². The van der Waals surface area contributed by atoms with Crippen LogP contribution >= 0.6 is 0 Å². The Hall–Kier alpha value is -0.120. The highest BCUT2D eigenvalue weighted by molar-refractivity contribution is 4.89. The molecule has 1 aliphatic heterocycles. The fourth-order valence-electron chi connectivity index (χ4n) is 1.48. The van der Waals surface area contributed by atoms with Gasteiger partial charge in [0.05, 0.1) is 6.10 Å². The first kappa shape index (κ1) is 7.98. The Labute approximate surface area is 61.6 Å². The zero-order valence-electron chi connectivity index (χ0n) is 6.38. The number of hydrogen-bond donors (Lipinski definition) is 3. The standard InChI is InChI=1S/C7H16N2O/c1-2-6-7(10)5(3-8)4-9-6/h5-7,9-10H,2-4,8H2,1H3/t5-,6+,7+/m0/s1. The molecule has 4 N–H and O–H groups in total. The van der Waals surface area contributed by atoms with Crippen molar-refractivity contribution < 1.29 is 5.11 Å². The third-order valence-corrected chi connectivity index (χ3v) is 2.28. The maximum atomic E-state index is 9.51. The van der Waals surface area contributed by atoms with Gasteiger partial charge < -0.3 is 16.2 Å². The molecule has 0 amide bonds. The largest absolute Gasteiger partial charge is 0.391 e. The van der Waals surface area contributed by atoms with Crippen molar-refractivity contribution in [2.45, 2.75) is 25.5 Å². The normalized spacial score (nSPS) is 40.5. The first-order valence-electron chi connectivity index (χ1n) is 3.91. The molecule has 1 fully saturated rings.